The number of benzene rings is 1. The van der Waals surface area contributed by atoms with Gasteiger partial charge >= 0.3 is 23.1 Å². The molecule has 2 heteroatoms. The first-order valence-corrected chi connectivity index (χ1v) is 4.25. The largest absolute Gasteiger partial charge is 2.00 e. The van der Waals surface area contributed by atoms with E-state index in [1.54, 1.807) is 12.1 Å². The van der Waals surface area contributed by atoms with E-state index >= 15 is 0 Å². The van der Waals surface area contributed by atoms with Gasteiger partial charge in [0.05, 0.1) is 0 Å². The third-order valence-electron chi connectivity index (χ3n) is 1.67. The van der Waals surface area contributed by atoms with Crippen LogP contribution in [-0.2, 0) is 6.42 Å². The molecule has 1 rings (SSSR count). The van der Waals surface area contributed by atoms with E-state index in [1.165, 1.54) is 5.56 Å². The van der Waals surface area contributed by atoms with Gasteiger partial charge in [-0.05, 0) is 29.5 Å². The molecule has 0 atom stereocenters. The van der Waals surface area contributed by atoms with E-state index in [0.717, 1.165) is 6.42 Å². The Kier molecular flexibility index (Phi) is 4.79. The third-order valence-corrected chi connectivity index (χ3v) is 1.67. The number of hydrogen-bond donors (Lipinski definition) is 1. The van der Waals surface area contributed by atoms with Crippen LogP contribution in [0, 0.1) is 5.41 Å². The van der Waals surface area contributed by atoms with E-state index in [0.29, 0.717) is 11.2 Å². The Labute approximate surface area is 99.3 Å². The standard InChI is InChI=1S/C11H16O.Mg.2H/c1-11(2,3)8-9-4-6-10(12)7-5-9;;;/h4-7,12H,8H2,1-3H3;;;/q;+2;2*-1. The minimum Gasteiger partial charge on any atom is -1.00 e. The molecule has 0 bridgehead atoms. The molecule has 0 spiro atoms. The first-order valence-electron chi connectivity index (χ1n) is 4.25. The van der Waals surface area contributed by atoms with Crippen LogP contribution in [0.1, 0.15) is 29.2 Å². The first-order chi connectivity index (χ1) is 5.47. The Hall–Kier alpha value is -0.214. The summed E-state index contributed by atoms with van der Waals surface area (Å²) in [4.78, 5) is 0. The first kappa shape index (κ1) is 12.8. The average molecular weight is 191 g/mol. The monoisotopic (exact) mass is 190 g/mol. The van der Waals surface area contributed by atoms with E-state index in [2.05, 4.69) is 20.8 Å². The molecule has 1 nitrogen and oxygen atoms in total. The molecule has 0 fully saturated rings. The van der Waals surface area contributed by atoms with E-state index in [1.807, 2.05) is 12.1 Å². The van der Waals surface area contributed by atoms with Crippen LogP contribution in [0.25, 0.3) is 0 Å². The van der Waals surface area contributed by atoms with Crippen molar-refractivity contribution in [2.75, 3.05) is 0 Å². The second-order valence-electron chi connectivity index (χ2n) is 4.40. The topological polar surface area (TPSA) is 20.2 Å². The number of phenolic OH excluding ortho intramolecular Hbond substituents is 1. The number of aromatic hydroxyl groups is 1. The average Bonchev–Trinajstić information content (AvgIpc) is 1.91. The molecule has 13 heavy (non-hydrogen) atoms. The van der Waals surface area contributed by atoms with Crippen LogP contribution < -0.4 is 0 Å². The molecular weight excluding hydrogens is 172 g/mol. The third kappa shape index (κ3) is 5.16. The van der Waals surface area contributed by atoms with Crippen molar-refractivity contribution >= 4 is 23.1 Å². The Morgan fingerprint density at radius 1 is 1.15 bits per heavy atom. The molecule has 0 amide bonds. The molecule has 0 saturated heterocycles. The van der Waals surface area contributed by atoms with E-state index in [4.69, 9.17) is 5.11 Å². The van der Waals surface area contributed by atoms with E-state index in [-0.39, 0.29) is 25.9 Å². The maximum atomic E-state index is 9.05. The molecule has 0 aliphatic heterocycles. The maximum Gasteiger partial charge on any atom is 2.00 e. The summed E-state index contributed by atoms with van der Waals surface area (Å²) in [6.07, 6.45) is 1.05. The van der Waals surface area contributed by atoms with Gasteiger partial charge in [0, 0.05) is 0 Å². The van der Waals surface area contributed by atoms with Crippen LogP contribution in [0.15, 0.2) is 24.3 Å². The van der Waals surface area contributed by atoms with Gasteiger partial charge in [0.2, 0.25) is 0 Å². The zero-order valence-corrected chi connectivity index (χ0v) is 10.1. The smallest absolute Gasteiger partial charge is 1.00 e. The molecule has 1 aromatic carbocycles. The fourth-order valence-corrected chi connectivity index (χ4v) is 1.23. The molecule has 70 valence electrons. The molecule has 0 aromatic heterocycles. The Bertz CT molecular complexity index is 254. The van der Waals surface area contributed by atoms with Crippen molar-refractivity contribution in [2.45, 2.75) is 27.2 Å². The van der Waals surface area contributed by atoms with Crippen LogP contribution in [0.4, 0.5) is 0 Å². The normalized spacial score (nSPS) is 10.7. The van der Waals surface area contributed by atoms with Gasteiger partial charge in [0.25, 0.3) is 0 Å². The summed E-state index contributed by atoms with van der Waals surface area (Å²) in [5.74, 6) is 0.340. The Morgan fingerprint density at radius 3 is 2.00 bits per heavy atom. The Balaban J connectivity index is -0.000000480. The minimum absolute atomic E-state index is 0. The quantitative estimate of drug-likeness (QED) is 0.676. The summed E-state index contributed by atoms with van der Waals surface area (Å²) < 4.78 is 0. The predicted molar refractivity (Wildman–Crippen MR) is 59.2 cm³/mol. The molecule has 0 saturated carbocycles. The fourth-order valence-electron chi connectivity index (χ4n) is 1.23. The molecular formula is C11H18MgO. The molecule has 1 aromatic rings. The van der Waals surface area contributed by atoms with Gasteiger partial charge in [-0.3, -0.25) is 0 Å². The van der Waals surface area contributed by atoms with Crippen LogP contribution in [-0.4, -0.2) is 28.2 Å². The summed E-state index contributed by atoms with van der Waals surface area (Å²) in [6.45, 7) is 6.62. The zero-order valence-electron chi connectivity index (χ0n) is 10.7. The molecule has 0 aliphatic carbocycles. The van der Waals surface area contributed by atoms with Crippen molar-refractivity contribution in [3.05, 3.63) is 29.8 Å². The fraction of sp³-hybridized carbons (Fsp3) is 0.455. The van der Waals surface area contributed by atoms with Crippen molar-refractivity contribution in [1.82, 2.24) is 0 Å². The van der Waals surface area contributed by atoms with Gasteiger partial charge in [-0.15, -0.1) is 0 Å². The molecule has 0 heterocycles. The molecule has 0 radical (unpaired) electrons. The van der Waals surface area contributed by atoms with Gasteiger partial charge in [-0.2, -0.15) is 0 Å². The number of phenols is 1. The summed E-state index contributed by atoms with van der Waals surface area (Å²) >= 11 is 0. The van der Waals surface area contributed by atoms with Gasteiger partial charge < -0.3 is 7.96 Å². The van der Waals surface area contributed by atoms with Gasteiger partial charge in [-0.1, -0.05) is 32.9 Å². The summed E-state index contributed by atoms with van der Waals surface area (Å²) in [7, 11) is 0. The van der Waals surface area contributed by atoms with E-state index < -0.39 is 0 Å². The number of hydrogen-bond acceptors (Lipinski definition) is 1. The molecule has 1 N–H and O–H groups in total. The van der Waals surface area contributed by atoms with Crippen LogP contribution in [0.5, 0.6) is 5.75 Å². The Morgan fingerprint density at radius 2 is 1.62 bits per heavy atom. The maximum absolute atomic E-state index is 9.05. The summed E-state index contributed by atoms with van der Waals surface area (Å²) in [5.41, 5.74) is 1.59. The van der Waals surface area contributed by atoms with Crippen molar-refractivity contribution in [1.29, 1.82) is 0 Å². The predicted octanol–water partition coefficient (Wildman–Crippen LogP) is 2.83. The van der Waals surface area contributed by atoms with Crippen molar-refractivity contribution in [3.63, 3.8) is 0 Å². The van der Waals surface area contributed by atoms with Crippen molar-refractivity contribution < 1.29 is 7.96 Å². The van der Waals surface area contributed by atoms with Crippen LogP contribution in [0.2, 0.25) is 0 Å². The van der Waals surface area contributed by atoms with Crippen molar-refractivity contribution in [3.8, 4) is 5.75 Å². The SMILES string of the molecule is CC(C)(C)Cc1ccc(O)cc1.[H-].[H-].[Mg+2]. The second kappa shape index (κ2) is 4.87. The van der Waals surface area contributed by atoms with E-state index in [9.17, 15) is 0 Å². The van der Waals surface area contributed by atoms with Gasteiger partial charge in [0.1, 0.15) is 5.75 Å². The molecule has 0 aliphatic rings. The summed E-state index contributed by atoms with van der Waals surface area (Å²) in [6, 6.07) is 7.42. The molecule has 0 unspecified atom stereocenters. The van der Waals surface area contributed by atoms with Crippen LogP contribution in [0.3, 0.4) is 0 Å². The minimum atomic E-state index is 0. The zero-order chi connectivity index (χ0) is 9.19. The number of rotatable bonds is 1. The van der Waals surface area contributed by atoms with Gasteiger partial charge in [-0.25, -0.2) is 0 Å². The second-order valence-corrected chi connectivity index (χ2v) is 4.40. The summed E-state index contributed by atoms with van der Waals surface area (Å²) in [5, 5.41) is 9.05. The van der Waals surface area contributed by atoms with Crippen molar-refractivity contribution in [2.24, 2.45) is 5.41 Å². The van der Waals surface area contributed by atoms with Gasteiger partial charge in [0.15, 0.2) is 0 Å². The van der Waals surface area contributed by atoms with Crippen LogP contribution >= 0.6 is 0 Å².